The Hall–Kier alpha value is -3.30. The lowest BCUT2D eigenvalue weighted by molar-refractivity contribution is -0.123. The predicted octanol–water partition coefficient (Wildman–Crippen LogP) is 3.65. The van der Waals surface area contributed by atoms with Crippen molar-refractivity contribution in [2.45, 2.75) is 26.3 Å². The van der Waals surface area contributed by atoms with Crippen molar-refractivity contribution in [2.24, 2.45) is 11.0 Å². The Bertz CT molecular complexity index is 916. The van der Waals surface area contributed by atoms with E-state index in [0.717, 1.165) is 5.56 Å². The number of nitrogens with zero attached hydrogens (tertiary/aromatic N) is 1. The summed E-state index contributed by atoms with van der Waals surface area (Å²) < 4.78 is 5.30. The van der Waals surface area contributed by atoms with E-state index in [1.807, 2.05) is 13.8 Å². The predicted molar refractivity (Wildman–Crippen MR) is 119 cm³/mol. The molecule has 1 atom stereocenters. The number of hydrogen-bond acceptors (Lipinski definition) is 4. The average molecular weight is 426 g/mol. The summed E-state index contributed by atoms with van der Waals surface area (Å²) in [5.74, 6) is 2.50. The number of benzene rings is 2. The molecule has 2 rings (SSSR count). The fourth-order valence-electron chi connectivity index (χ4n) is 2.57. The summed E-state index contributed by atoms with van der Waals surface area (Å²) in [4.78, 5) is 25.0. The number of rotatable bonds is 9. The number of halogens is 1. The summed E-state index contributed by atoms with van der Waals surface area (Å²) >= 11 is 5.85. The number of hydrogen-bond donors (Lipinski definition) is 2. The molecule has 1 unspecified atom stereocenters. The normalized spacial score (nSPS) is 11.7. The van der Waals surface area contributed by atoms with Crippen LogP contribution in [0.3, 0.4) is 0 Å². The van der Waals surface area contributed by atoms with Gasteiger partial charge in [-0.25, -0.2) is 5.43 Å². The molecule has 0 saturated carbocycles. The number of ether oxygens (including phenoxy) is 1. The molecule has 6 nitrogen and oxygen atoms in total. The first-order valence-electron chi connectivity index (χ1n) is 9.44. The van der Waals surface area contributed by atoms with Gasteiger partial charge in [0.1, 0.15) is 18.4 Å². The van der Waals surface area contributed by atoms with Gasteiger partial charge in [0, 0.05) is 10.6 Å². The fraction of sp³-hybridized carbons (Fsp3) is 0.261. The smallest absolute Gasteiger partial charge is 0.262 e. The zero-order chi connectivity index (χ0) is 21.9. The van der Waals surface area contributed by atoms with Gasteiger partial charge >= 0.3 is 0 Å². The molecule has 0 heterocycles. The van der Waals surface area contributed by atoms with Crippen LogP contribution in [-0.4, -0.2) is 30.7 Å². The maximum atomic E-state index is 12.6. The van der Waals surface area contributed by atoms with Gasteiger partial charge in [-0.15, -0.1) is 6.42 Å². The van der Waals surface area contributed by atoms with Crippen LogP contribution in [0.5, 0.6) is 5.75 Å². The highest BCUT2D eigenvalue weighted by atomic mass is 35.5. The van der Waals surface area contributed by atoms with Crippen molar-refractivity contribution in [1.29, 1.82) is 0 Å². The van der Waals surface area contributed by atoms with E-state index in [2.05, 4.69) is 21.8 Å². The lowest BCUT2D eigenvalue weighted by atomic mass is 10.0. The minimum absolute atomic E-state index is 0.197. The number of carbonyl (C=O) groups is 2. The zero-order valence-corrected chi connectivity index (χ0v) is 17.6. The van der Waals surface area contributed by atoms with Crippen molar-refractivity contribution >= 4 is 29.6 Å². The first kappa shape index (κ1) is 23.0. The van der Waals surface area contributed by atoms with E-state index in [0.29, 0.717) is 22.8 Å². The molecule has 0 spiro atoms. The van der Waals surface area contributed by atoms with Crippen LogP contribution >= 0.6 is 11.6 Å². The molecule has 2 N–H and O–H groups in total. The van der Waals surface area contributed by atoms with Crippen molar-refractivity contribution < 1.29 is 14.3 Å². The molecule has 0 aliphatic heterocycles. The topological polar surface area (TPSA) is 79.8 Å². The van der Waals surface area contributed by atoms with Gasteiger partial charge < -0.3 is 10.1 Å². The summed E-state index contributed by atoms with van der Waals surface area (Å²) in [5.41, 5.74) is 3.69. The van der Waals surface area contributed by atoms with Gasteiger partial charge in [-0.2, -0.15) is 5.10 Å². The van der Waals surface area contributed by atoms with Gasteiger partial charge in [-0.3, -0.25) is 9.59 Å². The zero-order valence-electron chi connectivity index (χ0n) is 16.9. The van der Waals surface area contributed by atoms with Crippen LogP contribution in [0.4, 0.5) is 0 Å². The lowest BCUT2D eigenvalue weighted by Crippen LogP contribution is -2.46. The molecule has 2 aromatic carbocycles. The molecule has 0 aromatic heterocycles. The SMILES string of the molecule is C#CCOc1ccc(/C=N/NC(=O)C(CC(C)C)NC(=O)c2ccc(Cl)cc2)cc1. The van der Waals surface area contributed by atoms with Gasteiger partial charge in [-0.05, 0) is 66.4 Å². The first-order chi connectivity index (χ1) is 14.4. The highest BCUT2D eigenvalue weighted by molar-refractivity contribution is 6.30. The van der Waals surface area contributed by atoms with E-state index in [9.17, 15) is 9.59 Å². The van der Waals surface area contributed by atoms with E-state index in [4.69, 9.17) is 22.8 Å². The maximum absolute atomic E-state index is 12.6. The molecular weight excluding hydrogens is 402 g/mol. The van der Waals surface area contributed by atoms with Crippen molar-refractivity contribution in [3.63, 3.8) is 0 Å². The largest absolute Gasteiger partial charge is 0.481 e. The number of terminal acetylenes is 1. The van der Waals surface area contributed by atoms with Crippen molar-refractivity contribution in [3.05, 3.63) is 64.7 Å². The van der Waals surface area contributed by atoms with E-state index in [1.54, 1.807) is 48.5 Å². The summed E-state index contributed by atoms with van der Waals surface area (Å²) in [6, 6.07) is 12.8. The van der Waals surface area contributed by atoms with Crippen LogP contribution < -0.4 is 15.5 Å². The van der Waals surface area contributed by atoms with E-state index < -0.39 is 11.9 Å². The standard InChI is InChI=1S/C23H24ClN3O3/c1-4-13-30-20-11-5-17(6-12-20)15-25-27-23(29)21(14-16(2)3)26-22(28)18-7-9-19(24)10-8-18/h1,5-12,15-16,21H,13-14H2,2-3H3,(H,26,28)(H,27,29)/b25-15+. The van der Waals surface area contributed by atoms with Crippen molar-refractivity contribution in [3.8, 4) is 18.1 Å². The van der Waals surface area contributed by atoms with Crippen molar-refractivity contribution in [1.82, 2.24) is 10.7 Å². The minimum atomic E-state index is -0.718. The van der Waals surface area contributed by atoms with E-state index in [1.165, 1.54) is 6.21 Å². The molecule has 0 radical (unpaired) electrons. The molecule has 0 fully saturated rings. The van der Waals surface area contributed by atoms with Crippen LogP contribution in [0.1, 0.15) is 36.2 Å². The molecular formula is C23H24ClN3O3. The minimum Gasteiger partial charge on any atom is -0.481 e. The molecule has 30 heavy (non-hydrogen) atoms. The highest BCUT2D eigenvalue weighted by Gasteiger charge is 2.22. The lowest BCUT2D eigenvalue weighted by Gasteiger charge is -2.19. The number of nitrogens with one attached hydrogen (secondary N) is 2. The second kappa shape index (κ2) is 11.6. The Morgan fingerprint density at radius 2 is 1.83 bits per heavy atom. The fourth-order valence-corrected chi connectivity index (χ4v) is 2.70. The summed E-state index contributed by atoms with van der Waals surface area (Å²) in [6.45, 7) is 4.14. The van der Waals surface area contributed by atoms with Crippen molar-refractivity contribution in [2.75, 3.05) is 6.61 Å². The number of amides is 2. The van der Waals surface area contributed by atoms with E-state index >= 15 is 0 Å². The highest BCUT2D eigenvalue weighted by Crippen LogP contribution is 2.12. The second-order valence-electron chi connectivity index (χ2n) is 6.96. The van der Waals surface area contributed by atoms with Gasteiger partial charge in [0.15, 0.2) is 0 Å². The monoisotopic (exact) mass is 425 g/mol. The third-order valence-corrected chi connectivity index (χ3v) is 4.28. The van der Waals surface area contributed by atoms with Crippen LogP contribution in [0.15, 0.2) is 53.6 Å². The first-order valence-corrected chi connectivity index (χ1v) is 9.82. The molecule has 0 bridgehead atoms. The van der Waals surface area contributed by atoms with E-state index in [-0.39, 0.29) is 18.4 Å². The molecule has 7 heteroatoms. The van der Waals surface area contributed by atoms with Crippen LogP contribution in [0.25, 0.3) is 0 Å². The molecule has 2 aromatic rings. The Morgan fingerprint density at radius 1 is 1.17 bits per heavy atom. The second-order valence-corrected chi connectivity index (χ2v) is 7.40. The summed E-state index contributed by atoms with van der Waals surface area (Å²) in [5, 5.41) is 7.28. The van der Waals surface area contributed by atoms with Gasteiger partial charge in [0.2, 0.25) is 0 Å². The van der Waals surface area contributed by atoms with Gasteiger partial charge in [-0.1, -0.05) is 31.4 Å². The summed E-state index contributed by atoms with van der Waals surface area (Å²) in [7, 11) is 0. The Labute approximate surface area is 181 Å². The molecule has 0 aliphatic carbocycles. The average Bonchev–Trinajstić information content (AvgIpc) is 2.72. The van der Waals surface area contributed by atoms with Crippen LogP contribution in [0, 0.1) is 18.3 Å². The molecule has 2 amide bonds. The Balaban J connectivity index is 1.97. The Morgan fingerprint density at radius 3 is 2.43 bits per heavy atom. The van der Waals surface area contributed by atoms with Crippen LogP contribution in [0.2, 0.25) is 5.02 Å². The van der Waals surface area contributed by atoms with Gasteiger partial charge in [0.25, 0.3) is 11.8 Å². The maximum Gasteiger partial charge on any atom is 0.262 e. The third-order valence-electron chi connectivity index (χ3n) is 4.03. The third kappa shape index (κ3) is 7.61. The molecule has 156 valence electrons. The summed E-state index contributed by atoms with van der Waals surface area (Å²) in [6.07, 6.45) is 7.14. The van der Waals surface area contributed by atoms with Crippen LogP contribution in [-0.2, 0) is 4.79 Å². The number of hydrazone groups is 1. The molecule has 0 aliphatic rings. The number of carbonyl (C=O) groups excluding carboxylic acids is 2. The quantitative estimate of drug-likeness (QED) is 0.365. The van der Waals surface area contributed by atoms with Gasteiger partial charge in [0.05, 0.1) is 6.21 Å². The molecule has 0 saturated heterocycles. The Kier molecular flexibility index (Phi) is 8.92.